The van der Waals surface area contributed by atoms with Crippen molar-refractivity contribution in [2.75, 3.05) is 46.3 Å². The van der Waals surface area contributed by atoms with Crippen molar-refractivity contribution >= 4 is 11.8 Å². The number of halogens is 1. The van der Waals surface area contributed by atoms with Crippen molar-refractivity contribution in [1.82, 2.24) is 20.4 Å². The zero-order valence-electron chi connectivity index (χ0n) is 17.3. The van der Waals surface area contributed by atoms with Crippen LogP contribution in [0.2, 0.25) is 0 Å². The van der Waals surface area contributed by atoms with Crippen LogP contribution < -0.4 is 10.6 Å². The molecule has 0 bridgehead atoms. The molecule has 0 aliphatic carbocycles. The summed E-state index contributed by atoms with van der Waals surface area (Å²) in [5.41, 5.74) is 2.02. The molecule has 0 spiro atoms. The molecule has 7 heteroatoms. The molecule has 0 radical (unpaired) electrons. The molecule has 6 nitrogen and oxygen atoms in total. The zero-order chi connectivity index (χ0) is 21.3. The first-order valence-electron chi connectivity index (χ1n) is 10.3. The van der Waals surface area contributed by atoms with E-state index < -0.39 is 11.8 Å². The number of rotatable bonds is 7. The van der Waals surface area contributed by atoms with Crippen molar-refractivity contribution in [1.29, 1.82) is 0 Å². The van der Waals surface area contributed by atoms with Crippen LogP contribution in [-0.4, -0.2) is 67.9 Å². The van der Waals surface area contributed by atoms with Crippen molar-refractivity contribution in [3.63, 3.8) is 0 Å². The number of benzene rings is 2. The lowest BCUT2D eigenvalue weighted by Crippen LogP contribution is -2.49. The van der Waals surface area contributed by atoms with E-state index >= 15 is 0 Å². The molecule has 1 aliphatic heterocycles. The minimum Gasteiger partial charge on any atom is -0.348 e. The summed E-state index contributed by atoms with van der Waals surface area (Å²) in [6.45, 7) is 4.23. The number of nitrogens with zero attached hydrogens (tertiary/aromatic N) is 2. The van der Waals surface area contributed by atoms with Gasteiger partial charge in [0.05, 0.1) is 6.04 Å². The summed E-state index contributed by atoms with van der Waals surface area (Å²) < 4.78 is 13.4. The predicted molar refractivity (Wildman–Crippen MR) is 114 cm³/mol. The maximum atomic E-state index is 13.4. The highest BCUT2D eigenvalue weighted by atomic mass is 19.1. The van der Waals surface area contributed by atoms with Gasteiger partial charge in [0, 0.05) is 39.3 Å². The first-order valence-corrected chi connectivity index (χ1v) is 10.3. The number of carbonyl (C=O) groups excluding carboxylic acids is 2. The fourth-order valence-electron chi connectivity index (χ4n) is 3.59. The van der Waals surface area contributed by atoms with Gasteiger partial charge in [-0.05, 0) is 36.7 Å². The molecule has 1 heterocycles. The number of carbonyl (C=O) groups is 2. The SMILES string of the molecule is CN1CCN([C@@H](CNC(=O)C(=O)NCCc2ccccc2)c2ccc(F)cc2)CC1. The van der Waals surface area contributed by atoms with E-state index in [1.165, 1.54) is 12.1 Å². The van der Waals surface area contributed by atoms with Crippen LogP contribution in [0.25, 0.3) is 0 Å². The molecule has 1 atom stereocenters. The molecule has 3 rings (SSSR count). The van der Waals surface area contributed by atoms with Gasteiger partial charge < -0.3 is 15.5 Å². The molecule has 0 unspecified atom stereocenters. The van der Waals surface area contributed by atoms with Crippen molar-refractivity contribution in [2.45, 2.75) is 12.5 Å². The molecule has 30 heavy (non-hydrogen) atoms. The summed E-state index contributed by atoms with van der Waals surface area (Å²) >= 11 is 0. The molecule has 2 aromatic rings. The van der Waals surface area contributed by atoms with Crippen LogP contribution in [-0.2, 0) is 16.0 Å². The molecule has 2 amide bonds. The summed E-state index contributed by atoms with van der Waals surface area (Å²) in [5.74, 6) is -1.58. The molecule has 0 saturated carbocycles. The Morgan fingerprint density at radius 2 is 1.57 bits per heavy atom. The highest BCUT2D eigenvalue weighted by Crippen LogP contribution is 2.22. The predicted octanol–water partition coefficient (Wildman–Crippen LogP) is 1.59. The van der Waals surface area contributed by atoms with E-state index in [-0.39, 0.29) is 11.9 Å². The Morgan fingerprint density at radius 1 is 0.933 bits per heavy atom. The lowest BCUT2D eigenvalue weighted by atomic mass is 10.0. The number of hydrogen-bond acceptors (Lipinski definition) is 4. The maximum Gasteiger partial charge on any atom is 0.309 e. The summed E-state index contributed by atoms with van der Waals surface area (Å²) in [6.07, 6.45) is 0.666. The Balaban J connectivity index is 1.54. The van der Waals surface area contributed by atoms with Crippen LogP contribution >= 0.6 is 0 Å². The minimum atomic E-state index is -0.649. The van der Waals surface area contributed by atoms with Gasteiger partial charge in [-0.2, -0.15) is 0 Å². The van der Waals surface area contributed by atoms with Crippen LogP contribution in [0.1, 0.15) is 17.2 Å². The van der Waals surface area contributed by atoms with E-state index in [0.717, 1.165) is 37.3 Å². The second kappa shape index (κ2) is 10.8. The fourth-order valence-corrected chi connectivity index (χ4v) is 3.59. The van der Waals surface area contributed by atoms with Crippen molar-refractivity contribution in [2.24, 2.45) is 0 Å². The number of hydrogen-bond donors (Lipinski definition) is 2. The molecule has 2 aromatic carbocycles. The van der Waals surface area contributed by atoms with Crippen LogP contribution in [0.3, 0.4) is 0 Å². The fraction of sp³-hybridized carbons (Fsp3) is 0.391. The van der Waals surface area contributed by atoms with Crippen LogP contribution in [0, 0.1) is 5.82 Å². The summed E-state index contributed by atoms with van der Waals surface area (Å²) in [6, 6.07) is 16.0. The average molecular weight is 413 g/mol. The van der Waals surface area contributed by atoms with Gasteiger partial charge >= 0.3 is 11.8 Å². The first kappa shape index (κ1) is 21.9. The van der Waals surface area contributed by atoms with Crippen LogP contribution in [0.5, 0.6) is 0 Å². The van der Waals surface area contributed by atoms with Gasteiger partial charge in [-0.15, -0.1) is 0 Å². The van der Waals surface area contributed by atoms with E-state index in [1.807, 2.05) is 30.3 Å². The van der Waals surface area contributed by atoms with Crippen molar-refractivity contribution in [3.05, 3.63) is 71.5 Å². The molecule has 2 N–H and O–H groups in total. The third-order valence-electron chi connectivity index (χ3n) is 5.44. The van der Waals surface area contributed by atoms with Crippen LogP contribution in [0.4, 0.5) is 4.39 Å². The highest BCUT2D eigenvalue weighted by Gasteiger charge is 2.25. The summed E-state index contributed by atoms with van der Waals surface area (Å²) in [7, 11) is 2.08. The normalized spacial score (nSPS) is 16.1. The summed E-state index contributed by atoms with van der Waals surface area (Å²) in [4.78, 5) is 29.0. The number of likely N-dealkylation sites (N-methyl/N-ethyl adjacent to an activating group) is 1. The average Bonchev–Trinajstić information content (AvgIpc) is 2.76. The second-order valence-electron chi connectivity index (χ2n) is 7.61. The summed E-state index contributed by atoms with van der Waals surface area (Å²) in [5, 5.41) is 5.42. The lowest BCUT2D eigenvalue weighted by molar-refractivity contribution is -0.139. The van der Waals surface area contributed by atoms with E-state index in [0.29, 0.717) is 19.5 Å². The van der Waals surface area contributed by atoms with Gasteiger partial charge in [0.2, 0.25) is 0 Å². The standard InChI is InChI=1S/C23H29FN4O2/c1-27-13-15-28(16-14-27)21(19-7-9-20(24)10-8-19)17-26-23(30)22(29)25-12-11-18-5-3-2-4-6-18/h2-10,21H,11-17H2,1H3,(H,25,29)(H,26,30)/t21-/m0/s1. The van der Waals surface area contributed by atoms with E-state index in [4.69, 9.17) is 0 Å². The quantitative estimate of drug-likeness (QED) is 0.678. The van der Waals surface area contributed by atoms with E-state index in [9.17, 15) is 14.0 Å². The Kier molecular flexibility index (Phi) is 7.93. The largest absolute Gasteiger partial charge is 0.348 e. The minimum absolute atomic E-state index is 0.111. The third-order valence-corrected chi connectivity index (χ3v) is 5.44. The van der Waals surface area contributed by atoms with Crippen LogP contribution in [0.15, 0.2) is 54.6 Å². The van der Waals surface area contributed by atoms with E-state index in [1.54, 1.807) is 12.1 Å². The number of piperazine rings is 1. The smallest absolute Gasteiger partial charge is 0.309 e. The number of amides is 2. The Morgan fingerprint density at radius 3 is 2.23 bits per heavy atom. The van der Waals surface area contributed by atoms with E-state index in [2.05, 4.69) is 27.5 Å². The van der Waals surface area contributed by atoms with Gasteiger partial charge in [0.1, 0.15) is 5.82 Å². The Labute approximate surface area is 177 Å². The molecular weight excluding hydrogens is 383 g/mol. The molecular formula is C23H29FN4O2. The van der Waals surface area contributed by atoms with Crippen molar-refractivity contribution < 1.29 is 14.0 Å². The van der Waals surface area contributed by atoms with Gasteiger partial charge in [-0.3, -0.25) is 14.5 Å². The Hall–Kier alpha value is -2.77. The van der Waals surface area contributed by atoms with Gasteiger partial charge in [-0.1, -0.05) is 42.5 Å². The van der Waals surface area contributed by atoms with Gasteiger partial charge in [-0.25, -0.2) is 4.39 Å². The van der Waals surface area contributed by atoms with Crippen molar-refractivity contribution in [3.8, 4) is 0 Å². The first-order chi connectivity index (χ1) is 14.5. The zero-order valence-corrected chi connectivity index (χ0v) is 17.3. The van der Waals surface area contributed by atoms with Gasteiger partial charge in [0.25, 0.3) is 0 Å². The molecule has 0 aromatic heterocycles. The van der Waals surface area contributed by atoms with Gasteiger partial charge in [0.15, 0.2) is 0 Å². The highest BCUT2D eigenvalue weighted by molar-refractivity contribution is 6.35. The monoisotopic (exact) mass is 412 g/mol. The molecule has 1 fully saturated rings. The third kappa shape index (κ3) is 6.37. The topological polar surface area (TPSA) is 64.7 Å². The second-order valence-corrected chi connectivity index (χ2v) is 7.61. The Bertz CT molecular complexity index is 821. The maximum absolute atomic E-state index is 13.4. The number of nitrogens with one attached hydrogen (secondary N) is 2. The lowest BCUT2D eigenvalue weighted by Gasteiger charge is -2.38. The molecule has 1 aliphatic rings. The molecule has 1 saturated heterocycles. The molecule has 160 valence electrons.